The molecule has 1 aromatic carbocycles. The van der Waals surface area contributed by atoms with Gasteiger partial charge in [0, 0.05) is 13.0 Å². The Morgan fingerprint density at radius 1 is 1.14 bits per heavy atom. The smallest absolute Gasteiger partial charge is 0.290 e. The molecule has 3 heterocycles. The van der Waals surface area contributed by atoms with Gasteiger partial charge in [0.15, 0.2) is 11.6 Å². The third-order valence-corrected chi connectivity index (χ3v) is 4.93. The molecule has 4 rings (SSSR count). The van der Waals surface area contributed by atoms with Gasteiger partial charge in [-0.25, -0.2) is 0 Å². The van der Waals surface area contributed by atoms with Gasteiger partial charge in [0.05, 0.1) is 12.8 Å². The minimum Gasteiger partial charge on any atom is -0.459 e. The number of piperidine rings is 1. The van der Waals surface area contributed by atoms with Gasteiger partial charge in [-0.15, -0.1) is 0 Å². The molecule has 1 aliphatic rings. The van der Waals surface area contributed by atoms with Crippen LogP contribution in [0, 0.1) is 0 Å². The number of carbonyl (C=O) groups excluding carboxylic acids is 2. The highest BCUT2D eigenvalue weighted by Gasteiger charge is 2.33. The molecule has 1 aliphatic heterocycles. The number of amides is 2. The van der Waals surface area contributed by atoms with Gasteiger partial charge in [-0.2, -0.15) is 4.98 Å². The van der Waals surface area contributed by atoms with E-state index in [1.807, 2.05) is 30.3 Å². The zero-order valence-electron chi connectivity index (χ0n) is 15.9. The van der Waals surface area contributed by atoms with Crippen molar-refractivity contribution in [3.05, 3.63) is 71.8 Å². The topological polar surface area (TPSA) is 101 Å². The van der Waals surface area contributed by atoms with E-state index in [1.54, 1.807) is 17.0 Å². The first-order valence-electron chi connectivity index (χ1n) is 9.68. The van der Waals surface area contributed by atoms with Crippen LogP contribution in [0.5, 0.6) is 0 Å². The van der Waals surface area contributed by atoms with E-state index in [-0.39, 0.29) is 24.1 Å². The molecule has 1 atom stereocenters. The Morgan fingerprint density at radius 2 is 2.00 bits per heavy atom. The fraction of sp³-hybridized carbons (Fsp3) is 0.333. The lowest BCUT2D eigenvalue weighted by atomic mass is 10.0. The third-order valence-electron chi connectivity index (χ3n) is 4.93. The molecule has 0 unspecified atom stereocenters. The number of hydrogen-bond donors (Lipinski definition) is 1. The van der Waals surface area contributed by atoms with Crippen LogP contribution in [-0.4, -0.2) is 39.4 Å². The number of hydrogen-bond acceptors (Lipinski definition) is 6. The molecular formula is C21H22N4O4. The summed E-state index contributed by atoms with van der Waals surface area (Å²) in [6.07, 6.45) is 4.38. The van der Waals surface area contributed by atoms with E-state index in [4.69, 9.17) is 8.94 Å². The van der Waals surface area contributed by atoms with E-state index in [1.165, 1.54) is 6.26 Å². The Hall–Kier alpha value is -3.42. The molecule has 1 N–H and O–H groups in total. The highest BCUT2D eigenvalue weighted by molar-refractivity contribution is 5.95. The number of aromatic nitrogens is 2. The maximum Gasteiger partial charge on any atom is 0.290 e. The van der Waals surface area contributed by atoms with Crippen molar-refractivity contribution in [2.24, 2.45) is 0 Å². The Bertz CT molecular complexity index is 952. The van der Waals surface area contributed by atoms with Crippen LogP contribution in [0.15, 0.2) is 57.7 Å². The van der Waals surface area contributed by atoms with Crippen molar-refractivity contribution in [1.82, 2.24) is 20.4 Å². The molecule has 29 heavy (non-hydrogen) atoms. The summed E-state index contributed by atoms with van der Waals surface area (Å²) in [6.45, 7) is 0.652. The maximum atomic E-state index is 12.7. The average Bonchev–Trinajstić information content (AvgIpc) is 3.45. The van der Waals surface area contributed by atoms with Crippen LogP contribution in [0.4, 0.5) is 0 Å². The molecule has 1 fully saturated rings. The second-order valence-corrected chi connectivity index (χ2v) is 6.97. The molecule has 2 amide bonds. The molecule has 3 aromatic rings. The number of benzene rings is 1. The van der Waals surface area contributed by atoms with Crippen LogP contribution in [0.1, 0.15) is 47.1 Å². The first-order valence-corrected chi connectivity index (χ1v) is 9.68. The Labute approximate surface area is 167 Å². The Morgan fingerprint density at radius 3 is 2.79 bits per heavy atom. The third kappa shape index (κ3) is 4.53. The van der Waals surface area contributed by atoms with Gasteiger partial charge in [0.25, 0.3) is 5.91 Å². The molecule has 8 heteroatoms. The average molecular weight is 394 g/mol. The van der Waals surface area contributed by atoms with Crippen molar-refractivity contribution in [3.63, 3.8) is 0 Å². The minimum atomic E-state index is -0.534. The Kier molecular flexibility index (Phi) is 5.69. The molecular weight excluding hydrogens is 372 g/mol. The zero-order valence-corrected chi connectivity index (χ0v) is 15.9. The molecule has 0 radical (unpaired) electrons. The SMILES string of the molecule is O=C(NCc1nc(Cc2ccccc2)no1)[C@H]1CCCCN1C(=O)c1ccco1. The molecule has 0 aliphatic carbocycles. The highest BCUT2D eigenvalue weighted by Crippen LogP contribution is 2.20. The van der Waals surface area contributed by atoms with Gasteiger partial charge in [0.1, 0.15) is 6.04 Å². The summed E-state index contributed by atoms with van der Waals surface area (Å²) in [6, 6.07) is 12.6. The maximum absolute atomic E-state index is 12.7. The monoisotopic (exact) mass is 394 g/mol. The fourth-order valence-corrected chi connectivity index (χ4v) is 3.48. The van der Waals surface area contributed by atoms with Crippen LogP contribution in [0.3, 0.4) is 0 Å². The number of likely N-dealkylation sites (tertiary alicyclic amines) is 1. The summed E-state index contributed by atoms with van der Waals surface area (Å²) in [5.74, 6) is 0.647. The van der Waals surface area contributed by atoms with Crippen LogP contribution < -0.4 is 5.32 Å². The predicted molar refractivity (Wildman–Crippen MR) is 103 cm³/mol. The summed E-state index contributed by atoms with van der Waals surface area (Å²) in [7, 11) is 0. The van der Waals surface area contributed by atoms with E-state index >= 15 is 0 Å². The summed E-state index contributed by atoms with van der Waals surface area (Å²) in [5.41, 5.74) is 1.08. The number of furan rings is 1. The molecule has 0 bridgehead atoms. The summed E-state index contributed by atoms with van der Waals surface area (Å²) < 4.78 is 10.4. The molecule has 0 saturated carbocycles. The molecule has 1 saturated heterocycles. The molecule has 2 aromatic heterocycles. The zero-order chi connectivity index (χ0) is 20.1. The summed E-state index contributed by atoms with van der Waals surface area (Å²) >= 11 is 0. The first-order chi connectivity index (χ1) is 14.2. The normalized spacial score (nSPS) is 16.6. The lowest BCUT2D eigenvalue weighted by Crippen LogP contribution is -2.51. The predicted octanol–water partition coefficient (Wildman–Crippen LogP) is 2.56. The van der Waals surface area contributed by atoms with Crippen molar-refractivity contribution in [2.45, 2.75) is 38.3 Å². The summed E-state index contributed by atoms with van der Waals surface area (Å²) in [4.78, 5) is 31.3. The van der Waals surface area contributed by atoms with Crippen LogP contribution in [0.2, 0.25) is 0 Å². The van der Waals surface area contributed by atoms with Gasteiger partial charge in [-0.1, -0.05) is 35.5 Å². The largest absolute Gasteiger partial charge is 0.459 e. The van der Waals surface area contributed by atoms with Crippen LogP contribution in [0.25, 0.3) is 0 Å². The quantitative estimate of drug-likeness (QED) is 0.689. The standard InChI is InChI=1S/C21H22N4O4/c26-20(16-9-4-5-11-25(16)21(27)17-10-6-12-28-17)22-14-19-23-18(24-29-19)13-15-7-2-1-3-8-15/h1-3,6-8,10,12,16H,4-5,9,11,13-14H2,(H,22,26)/t16-/m1/s1. The summed E-state index contributed by atoms with van der Waals surface area (Å²) in [5, 5.41) is 6.78. The van der Waals surface area contributed by atoms with Gasteiger partial charge in [-0.05, 0) is 37.0 Å². The Balaban J connectivity index is 1.35. The van der Waals surface area contributed by atoms with Gasteiger partial charge >= 0.3 is 0 Å². The van der Waals surface area contributed by atoms with Crippen molar-refractivity contribution in [1.29, 1.82) is 0 Å². The lowest BCUT2D eigenvalue weighted by molar-refractivity contribution is -0.127. The van der Waals surface area contributed by atoms with E-state index in [2.05, 4.69) is 15.5 Å². The highest BCUT2D eigenvalue weighted by atomic mass is 16.5. The first kappa shape index (κ1) is 18.9. The van der Waals surface area contributed by atoms with E-state index < -0.39 is 6.04 Å². The van der Waals surface area contributed by atoms with Crippen LogP contribution in [-0.2, 0) is 17.8 Å². The lowest BCUT2D eigenvalue weighted by Gasteiger charge is -2.34. The van der Waals surface area contributed by atoms with Crippen molar-refractivity contribution in [2.75, 3.05) is 6.54 Å². The fourth-order valence-electron chi connectivity index (χ4n) is 3.48. The number of nitrogens with zero attached hydrogens (tertiary/aromatic N) is 3. The number of nitrogens with one attached hydrogen (secondary N) is 1. The van der Waals surface area contributed by atoms with Crippen molar-refractivity contribution < 1.29 is 18.5 Å². The number of carbonyl (C=O) groups is 2. The van der Waals surface area contributed by atoms with Gasteiger partial charge in [-0.3, -0.25) is 9.59 Å². The van der Waals surface area contributed by atoms with E-state index in [0.717, 1.165) is 18.4 Å². The molecule has 8 nitrogen and oxygen atoms in total. The second kappa shape index (κ2) is 8.72. The van der Waals surface area contributed by atoms with E-state index in [0.29, 0.717) is 31.1 Å². The molecule has 150 valence electrons. The molecule has 0 spiro atoms. The van der Waals surface area contributed by atoms with Crippen LogP contribution >= 0.6 is 0 Å². The second-order valence-electron chi connectivity index (χ2n) is 6.97. The van der Waals surface area contributed by atoms with Crippen molar-refractivity contribution >= 4 is 11.8 Å². The van der Waals surface area contributed by atoms with Gasteiger partial charge in [0.2, 0.25) is 11.8 Å². The minimum absolute atomic E-state index is 0.125. The number of rotatable bonds is 6. The van der Waals surface area contributed by atoms with Gasteiger partial charge < -0.3 is 19.2 Å². The van der Waals surface area contributed by atoms with Crippen molar-refractivity contribution in [3.8, 4) is 0 Å². The van der Waals surface area contributed by atoms with E-state index in [9.17, 15) is 9.59 Å².